The fourth-order valence-electron chi connectivity index (χ4n) is 2.06. The van der Waals surface area contributed by atoms with E-state index >= 15 is 0 Å². The number of ether oxygens (including phenoxy) is 1. The number of methoxy groups -OCH3 is 1. The molecular formula is C11H12F2N6O. The van der Waals surface area contributed by atoms with Gasteiger partial charge in [-0.1, -0.05) is 0 Å². The van der Waals surface area contributed by atoms with Crippen molar-refractivity contribution in [2.24, 2.45) is 5.92 Å². The maximum atomic E-state index is 12.6. The van der Waals surface area contributed by atoms with Crippen LogP contribution in [0.5, 0.6) is 6.01 Å². The predicted octanol–water partition coefficient (Wildman–Crippen LogP) is 0.972. The van der Waals surface area contributed by atoms with Crippen LogP contribution in [0, 0.1) is 5.92 Å². The normalized spacial score (nSPS) is 15.5. The number of H-pyrrole nitrogens is 1. The van der Waals surface area contributed by atoms with Crippen LogP contribution < -0.4 is 9.64 Å². The third-order valence-corrected chi connectivity index (χ3v) is 3.19. The first kappa shape index (κ1) is 12.7. The quantitative estimate of drug-likeness (QED) is 0.900. The fourth-order valence-corrected chi connectivity index (χ4v) is 2.06. The van der Waals surface area contributed by atoms with E-state index in [1.807, 2.05) is 0 Å². The van der Waals surface area contributed by atoms with Gasteiger partial charge in [0.1, 0.15) is 11.4 Å². The molecule has 1 saturated heterocycles. The standard InChI is InChI=1S/C11H12F2N6O/c1-20-11-14-3-8(19-4-6(5-19)10(12)13)9(16-11)7-2-15-18-17-7/h2-3,6,10H,4-5H2,1H3,(H,15,17,18). The van der Waals surface area contributed by atoms with E-state index in [1.165, 1.54) is 13.3 Å². The molecule has 1 aliphatic rings. The van der Waals surface area contributed by atoms with Crippen LogP contribution in [0.1, 0.15) is 0 Å². The number of aromatic nitrogens is 5. The van der Waals surface area contributed by atoms with Gasteiger partial charge >= 0.3 is 6.01 Å². The predicted molar refractivity (Wildman–Crippen MR) is 65.7 cm³/mol. The smallest absolute Gasteiger partial charge is 0.316 e. The lowest BCUT2D eigenvalue weighted by Crippen LogP contribution is -2.50. The number of hydrogen-bond acceptors (Lipinski definition) is 6. The third kappa shape index (κ3) is 2.15. The van der Waals surface area contributed by atoms with Crippen molar-refractivity contribution in [1.29, 1.82) is 0 Å². The second kappa shape index (κ2) is 4.99. The van der Waals surface area contributed by atoms with Gasteiger partial charge in [0, 0.05) is 13.1 Å². The zero-order valence-electron chi connectivity index (χ0n) is 10.6. The second-order valence-corrected chi connectivity index (χ2v) is 4.45. The van der Waals surface area contributed by atoms with Gasteiger partial charge < -0.3 is 9.64 Å². The molecule has 3 heterocycles. The lowest BCUT2D eigenvalue weighted by Gasteiger charge is -2.40. The molecule has 106 valence electrons. The van der Waals surface area contributed by atoms with E-state index in [-0.39, 0.29) is 19.1 Å². The van der Waals surface area contributed by atoms with Gasteiger partial charge in [-0.2, -0.15) is 20.4 Å². The summed E-state index contributed by atoms with van der Waals surface area (Å²) in [7, 11) is 1.46. The molecule has 2 aromatic rings. The van der Waals surface area contributed by atoms with Gasteiger partial charge in [0.25, 0.3) is 0 Å². The van der Waals surface area contributed by atoms with Gasteiger partial charge in [0.2, 0.25) is 6.43 Å². The number of alkyl halides is 2. The second-order valence-electron chi connectivity index (χ2n) is 4.45. The number of hydrogen-bond donors (Lipinski definition) is 1. The van der Waals surface area contributed by atoms with Gasteiger partial charge in [-0.15, -0.1) is 0 Å². The summed E-state index contributed by atoms with van der Waals surface area (Å²) < 4.78 is 30.1. The molecule has 0 aromatic carbocycles. The summed E-state index contributed by atoms with van der Waals surface area (Å²) in [6.07, 6.45) is 0.758. The van der Waals surface area contributed by atoms with E-state index in [0.29, 0.717) is 17.1 Å². The summed E-state index contributed by atoms with van der Waals surface area (Å²) >= 11 is 0. The Morgan fingerprint density at radius 1 is 1.40 bits per heavy atom. The Labute approximate surface area is 113 Å². The number of anilines is 1. The Hall–Kier alpha value is -2.32. The van der Waals surface area contributed by atoms with Crippen molar-refractivity contribution in [3.05, 3.63) is 12.4 Å². The van der Waals surface area contributed by atoms with Crippen molar-refractivity contribution in [2.75, 3.05) is 25.1 Å². The van der Waals surface area contributed by atoms with E-state index in [9.17, 15) is 8.78 Å². The molecule has 0 aliphatic carbocycles. The third-order valence-electron chi connectivity index (χ3n) is 3.19. The van der Waals surface area contributed by atoms with Crippen LogP contribution in [0.3, 0.4) is 0 Å². The van der Waals surface area contributed by atoms with Crippen molar-refractivity contribution in [1.82, 2.24) is 25.4 Å². The van der Waals surface area contributed by atoms with Crippen LogP contribution in [0.25, 0.3) is 11.4 Å². The van der Waals surface area contributed by atoms with E-state index < -0.39 is 12.3 Å². The molecule has 1 N–H and O–H groups in total. The maximum Gasteiger partial charge on any atom is 0.316 e. The number of nitrogens with zero attached hydrogens (tertiary/aromatic N) is 5. The summed E-state index contributed by atoms with van der Waals surface area (Å²) in [6.45, 7) is 0.552. The summed E-state index contributed by atoms with van der Waals surface area (Å²) in [6, 6.07) is 0.192. The van der Waals surface area contributed by atoms with Crippen molar-refractivity contribution < 1.29 is 13.5 Å². The van der Waals surface area contributed by atoms with Crippen LogP contribution in [-0.2, 0) is 0 Å². The Morgan fingerprint density at radius 2 is 2.20 bits per heavy atom. The summed E-state index contributed by atoms with van der Waals surface area (Å²) in [5, 5.41) is 10.2. The van der Waals surface area contributed by atoms with Crippen molar-refractivity contribution in [3.8, 4) is 17.4 Å². The average molecular weight is 282 g/mol. The Kier molecular flexibility index (Phi) is 3.17. The fraction of sp³-hybridized carbons (Fsp3) is 0.455. The molecule has 20 heavy (non-hydrogen) atoms. The Bertz CT molecular complexity index is 585. The monoisotopic (exact) mass is 282 g/mol. The number of rotatable bonds is 4. The first-order chi connectivity index (χ1) is 9.69. The summed E-state index contributed by atoms with van der Waals surface area (Å²) in [5.74, 6) is -0.609. The topological polar surface area (TPSA) is 79.8 Å². The SMILES string of the molecule is COc1ncc(N2CC(C(F)F)C2)c(-c2cn[nH]n2)n1. The highest BCUT2D eigenvalue weighted by Crippen LogP contribution is 2.34. The minimum atomic E-state index is -2.30. The molecule has 0 spiro atoms. The Balaban J connectivity index is 1.91. The summed E-state index contributed by atoms with van der Waals surface area (Å²) in [4.78, 5) is 10.0. The van der Waals surface area contributed by atoms with Crippen LogP contribution >= 0.6 is 0 Å². The average Bonchev–Trinajstić information content (AvgIpc) is 2.90. The van der Waals surface area contributed by atoms with Crippen molar-refractivity contribution in [2.45, 2.75) is 6.43 Å². The minimum Gasteiger partial charge on any atom is -0.467 e. The van der Waals surface area contributed by atoms with E-state index in [1.54, 1.807) is 11.1 Å². The van der Waals surface area contributed by atoms with Gasteiger partial charge in [-0.3, -0.25) is 0 Å². The number of halogens is 2. The Morgan fingerprint density at radius 3 is 2.80 bits per heavy atom. The minimum absolute atomic E-state index is 0.192. The van der Waals surface area contributed by atoms with Crippen LogP contribution in [0.4, 0.5) is 14.5 Å². The molecule has 7 nitrogen and oxygen atoms in total. The van der Waals surface area contributed by atoms with E-state index in [0.717, 1.165) is 0 Å². The lowest BCUT2D eigenvalue weighted by molar-refractivity contribution is 0.0614. The number of nitrogens with one attached hydrogen (secondary N) is 1. The summed E-state index contributed by atoms with van der Waals surface area (Å²) in [5.41, 5.74) is 1.68. The van der Waals surface area contributed by atoms with Gasteiger partial charge in [-0.25, -0.2) is 13.8 Å². The zero-order valence-corrected chi connectivity index (χ0v) is 10.6. The molecule has 9 heteroatoms. The molecular weight excluding hydrogens is 270 g/mol. The first-order valence-corrected chi connectivity index (χ1v) is 5.99. The van der Waals surface area contributed by atoms with Crippen LogP contribution in [0.15, 0.2) is 12.4 Å². The zero-order chi connectivity index (χ0) is 14.1. The highest BCUT2D eigenvalue weighted by Gasteiger charge is 2.35. The van der Waals surface area contributed by atoms with Crippen molar-refractivity contribution >= 4 is 5.69 Å². The molecule has 1 fully saturated rings. The van der Waals surface area contributed by atoms with E-state index in [4.69, 9.17) is 4.74 Å². The molecule has 2 aromatic heterocycles. The molecule has 0 amide bonds. The van der Waals surface area contributed by atoms with Crippen LogP contribution in [-0.4, -0.2) is 52.0 Å². The molecule has 1 aliphatic heterocycles. The van der Waals surface area contributed by atoms with Gasteiger partial charge in [0.05, 0.1) is 31.1 Å². The van der Waals surface area contributed by atoms with Crippen molar-refractivity contribution in [3.63, 3.8) is 0 Å². The molecule has 3 rings (SSSR count). The van der Waals surface area contributed by atoms with Gasteiger partial charge in [0.15, 0.2) is 0 Å². The maximum absolute atomic E-state index is 12.6. The molecule has 0 radical (unpaired) electrons. The lowest BCUT2D eigenvalue weighted by atomic mass is 9.99. The highest BCUT2D eigenvalue weighted by atomic mass is 19.3. The number of aromatic amines is 1. The molecule has 0 unspecified atom stereocenters. The molecule has 0 bridgehead atoms. The van der Waals surface area contributed by atoms with Gasteiger partial charge in [-0.05, 0) is 0 Å². The largest absolute Gasteiger partial charge is 0.467 e. The molecule has 0 atom stereocenters. The van der Waals surface area contributed by atoms with E-state index in [2.05, 4.69) is 25.4 Å². The van der Waals surface area contributed by atoms with Crippen LogP contribution in [0.2, 0.25) is 0 Å². The first-order valence-electron chi connectivity index (χ1n) is 5.99. The highest BCUT2D eigenvalue weighted by molar-refractivity contribution is 5.72. The molecule has 0 saturated carbocycles.